The third-order valence-corrected chi connectivity index (χ3v) is 6.13. The summed E-state index contributed by atoms with van der Waals surface area (Å²) in [5, 5.41) is 17.2. The number of hydrogen-bond donors (Lipinski definition) is 4. The van der Waals surface area contributed by atoms with Crippen LogP contribution in [0.15, 0.2) is 77.7 Å². The van der Waals surface area contributed by atoms with E-state index >= 15 is 0 Å². The number of nitrogens with two attached hydrogens (primary N) is 1. The van der Waals surface area contributed by atoms with Crippen molar-refractivity contribution in [2.75, 3.05) is 5.32 Å². The molecule has 2 aromatic heterocycles. The van der Waals surface area contributed by atoms with Crippen molar-refractivity contribution in [3.63, 3.8) is 0 Å². The van der Waals surface area contributed by atoms with Crippen molar-refractivity contribution in [2.24, 2.45) is 5.14 Å². The molecule has 2 heterocycles. The van der Waals surface area contributed by atoms with Gasteiger partial charge >= 0.3 is 0 Å². The van der Waals surface area contributed by atoms with Crippen molar-refractivity contribution in [1.82, 2.24) is 15.2 Å². The van der Waals surface area contributed by atoms with E-state index in [0.29, 0.717) is 16.9 Å². The van der Waals surface area contributed by atoms with E-state index in [2.05, 4.69) is 20.5 Å². The van der Waals surface area contributed by atoms with Gasteiger partial charge in [-0.05, 0) is 47.9 Å². The third-order valence-electron chi connectivity index (χ3n) is 5.22. The van der Waals surface area contributed by atoms with E-state index < -0.39 is 10.0 Å². The minimum atomic E-state index is -3.83. The topological polar surface area (TPSA) is 134 Å². The number of para-hydroxylation sites is 1. The van der Waals surface area contributed by atoms with Crippen LogP contribution in [0, 0.1) is 0 Å². The van der Waals surface area contributed by atoms with Crippen LogP contribution in [0.1, 0.15) is 5.69 Å². The largest absolute Gasteiger partial charge is 0.358 e. The van der Waals surface area contributed by atoms with Gasteiger partial charge in [0.15, 0.2) is 0 Å². The van der Waals surface area contributed by atoms with Gasteiger partial charge in [0, 0.05) is 27.8 Å². The Morgan fingerprint density at radius 2 is 1.81 bits per heavy atom. The molecule has 0 spiro atoms. The van der Waals surface area contributed by atoms with Gasteiger partial charge in [-0.25, -0.2) is 13.6 Å². The first-order chi connectivity index (χ1) is 15.4. The molecule has 0 radical (unpaired) electrons. The van der Waals surface area contributed by atoms with Gasteiger partial charge in [-0.3, -0.25) is 9.89 Å². The number of amides is 1. The molecule has 5 rings (SSSR count). The molecule has 0 unspecified atom stereocenters. The van der Waals surface area contributed by atoms with Crippen molar-refractivity contribution in [3.8, 4) is 11.3 Å². The first-order valence-corrected chi connectivity index (χ1v) is 11.4. The molecule has 8 nitrogen and oxygen atoms in total. The molecule has 3 aromatic carbocycles. The minimum absolute atomic E-state index is 0.00828. The van der Waals surface area contributed by atoms with E-state index in [-0.39, 0.29) is 17.2 Å². The van der Waals surface area contributed by atoms with E-state index in [1.807, 2.05) is 36.4 Å². The SMILES string of the molecule is NS(=O)(=O)c1cccc(-c2n[nH]c3ccc(NC(=O)Cc4cc5ccccc5[nH]4)cc23)c1. The van der Waals surface area contributed by atoms with E-state index in [9.17, 15) is 13.2 Å². The number of anilines is 1. The Morgan fingerprint density at radius 1 is 0.969 bits per heavy atom. The Hall–Kier alpha value is -3.95. The molecule has 1 amide bonds. The molecule has 32 heavy (non-hydrogen) atoms. The van der Waals surface area contributed by atoms with Gasteiger partial charge < -0.3 is 10.3 Å². The number of benzene rings is 3. The number of fused-ring (bicyclic) bond motifs is 2. The Kier molecular flexibility index (Phi) is 4.76. The zero-order valence-corrected chi connectivity index (χ0v) is 17.6. The molecular weight excluding hydrogens is 426 g/mol. The summed E-state index contributed by atoms with van der Waals surface area (Å²) < 4.78 is 23.4. The van der Waals surface area contributed by atoms with Crippen LogP contribution >= 0.6 is 0 Å². The fourth-order valence-electron chi connectivity index (χ4n) is 3.74. The van der Waals surface area contributed by atoms with Crippen molar-refractivity contribution >= 4 is 43.4 Å². The predicted octanol–water partition coefficient (Wildman–Crippen LogP) is 3.54. The standard InChI is InChI=1S/C23H19N5O3S/c24-32(30,31)18-6-3-5-15(11-18)23-19-12-16(8-9-21(19)27-28-23)26-22(29)13-17-10-14-4-1-2-7-20(14)25-17/h1-12,25H,13H2,(H,26,29)(H,27,28)(H2,24,30,31). The lowest BCUT2D eigenvalue weighted by Gasteiger charge is -2.06. The maximum Gasteiger partial charge on any atom is 0.238 e. The Balaban J connectivity index is 1.41. The molecule has 0 aliphatic heterocycles. The Morgan fingerprint density at radius 3 is 2.62 bits per heavy atom. The number of carbonyl (C=O) groups excluding carboxylic acids is 1. The Bertz CT molecular complexity index is 1550. The number of rotatable bonds is 5. The zero-order valence-electron chi connectivity index (χ0n) is 16.8. The van der Waals surface area contributed by atoms with Gasteiger partial charge in [-0.2, -0.15) is 5.10 Å². The maximum absolute atomic E-state index is 12.6. The highest BCUT2D eigenvalue weighted by Crippen LogP contribution is 2.29. The van der Waals surface area contributed by atoms with E-state index in [1.54, 1.807) is 24.3 Å². The highest BCUT2D eigenvalue weighted by Gasteiger charge is 2.14. The number of sulfonamides is 1. The number of hydrogen-bond acceptors (Lipinski definition) is 4. The number of aromatic nitrogens is 3. The molecule has 0 saturated carbocycles. The van der Waals surface area contributed by atoms with E-state index in [1.165, 1.54) is 12.1 Å². The summed E-state index contributed by atoms with van der Waals surface area (Å²) in [7, 11) is -3.83. The number of carbonyl (C=O) groups is 1. The first-order valence-electron chi connectivity index (χ1n) is 9.85. The van der Waals surface area contributed by atoms with Gasteiger partial charge in [-0.1, -0.05) is 30.3 Å². The molecule has 0 aliphatic rings. The van der Waals surface area contributed by atoms with Crippen molar-refractivity contribution in [2.45, 2.75) is 11.3 Å². The van der Waals surface area contributed by atoms with Gasteiger partial charge in [-0.15, -0.1) is 0 Å². The van der Waals surface area contributed by atoms with E-state index in [4.69, 9.17) is 5.14 Å². The molecule has 5 aromatic rings. The van der Waals surface area contributed by atoms with Gasteiger partial charge in [0.1, 0.15) is 5.69 Å². The summed E-state index contributed by atoms with van der Waals surface area (Å²) in [5.41, 5.74) is 4.36. The second-order valence-corrected chi connectivity index (χ2v) is 9.07. The second kappa shape index (κ2) is 7.63. The lowest BCUT2D eigenvalue weighted by atomic mass is 10.1. The van der Waals surface area contributed by atoms with Crippen LogP contribution in [-0.4, -0.2) is 29.5 Å². The molecular formula is C23H19N5O3S. The van der Waals surface area contributed by atoms with Crippen molar-refractivity contribution in [1.29, 1.82) is 0 Å². The number of nitrogens with zero attached hydrogens (tertiary/aromatic N) is 1. The summed E-state index contributed by atoms with van der Waals surface area (Å²) in [4.78, 5) is 15.9. The van der Waals surface area contributed by atoms with E-state index in [0.717, 1.165) is 27.5 Å². The monoisotopic (exact) mass is 445 g/mol. The van der Waals surface area contributed by atoms with Crippen molar-refractivity contribution < 1.29 is 13.2 Å². The Labute approximate surface area is 183 Å². The summed E-state index contributed by atoms with van der Waals surface area (Å²) >= 11 is 0. The quantitative estimate of drug-likeness (QED) is 0.329. The smallest absolute Gasteiger partial charge is 0.238 e. The average Bonchev–Trinajstić information content (AvgIpc) is 3.36. The number of primary sulfonamides is 1. The van der Waals surface area contributed by atoms with Crippen LogP contribution in [0.25, 0.3) is 33.1 Å². The zero-order chi connectivity index (χ0) is 22.3. The van der Waals surface area contributed by atoms with Crippen LogP contribution in [0.5, 0.6) is 0 Å². The normalized spacial score (nSPS) is 11.8. The van der Waals surface area contributed by atoms with Gasteiger partial charge in [0.2, 0.25) is 15.9 Å². The number of nitrogens with one attached hydrogen (secondary N) is 3. The predicted molar refractivity (Wildman–Crippen MR) is 124 cm³/mol. The van der Waals surface area contributed by atoms with Crippen LogP contribution in [0.3, 0.4) is 0 Å². The van der Waals surface area contributed by atoms with Crippen LogP contribution in [-0.2, 0) is 21.2 Å². The van der Waals surface area contributed by atoms with Gasteiger partial charge in [0.25, 0.3) is 0 Å². The summed E-state index contributed by atoms with van der Waals surface area (Å²) in [6, 6.07) is 21.5. The second-order valence-electron chi connectivity index (χ2n) is 7.51. The summed E-state index contributed by atoms with van der Waals surface area (Å²) in [6.07, 6.45) is 0.210. The highest BCUT2D eigenvalue weighted by molar-refractivity contribution is 7.89. The van der Waals surface area contributed by atoms with Crippen LogP contribution in [0.4, 0.5) is 5.69 Å². The van der Waals surface area contributed by atoms with Crippen LogP contribution in [0.2, 0.25) is 0 Å². The van der Waals surface area contributed by atoms with Crippen molar-refractivity contribution in [3.05, 3.63) is 78.5 Å². The number of H-pyrrole nitrogens is 2. The third kappa shape index (κ3) is 3.86. The lowest BCUT2D eigenvalue weighted by molar-refractivity contribution is -0.115. The minimum Gasteiger partial charge on any atom is -0.358 e. The summed E-state index contributed by atoms with van der Waals surface area (Å²) in [6.45, 7) is 0. The molecule has 0 aliphatic carbocycles. The summed E-state index contributed by atoms with van der Waals surface area (Å²) in [5.74, 6) is -0.155. The molecule has 5 N–H and O–H groups in total. The molecule has 0 bridgehead atoms. The lowest BCUT2D eigenvalue weighted by Crippen LogP contribution is -2.14. The maximum atomic E-state index is 12.6. The molecule has 9 heteroatoms. The number of aromatic amines is 2. The molecule has 160 valence electrons. The molecule has 0 saturated heterocycles. The van der Waals surface area contributed by atoms with Gasteiger partial charge in [0.05, 0.1) is 16.8 Å². The molecule has 0 fully saturated rings. The fourth-order valence-corrected chi connectivity index (χ4v) is 4.30. The first kappa shape index (κ1) is 20.0. The van der Waals surface area contributed by atoms with Crippen LogP contribution < -0.4 is 10.5 Å². The fraction of sp³-hybridized carbons (Fsp3) is 0.0435. The average molecular weight is 446 g/mol. The highest BCUT2D eigenvalue weighted by atomic mass is 32.2. The molecule has 0 atom stereocenters.